The van der Waals surface area contributed by atoms with Crippen molar-refractivity contribution >= 4 is 0 Å². The normalized spacial score (nSPS) is 8.62. The first kappa shape index (κ1) is 14.6. The minimum absolute atomic E-state index is 0.335. The van der Waals surface area contributed by atoms with Crippen LogP contribution in [0.3, 0.4) is 0 Å². The maximum atomic E-state index is 5.14. The third-order valence-corrected chi connectivity index (χ3v) is 1.76. The zero-order valence-corrected chi connectivity index (χ0v) is 9.63. The van der Waals surface area contributed by atoms with Crippen LogP contribution >= 0.6 is 0 Å². The molecule has 2 heteroatoms. The summed E-state index contributed by atoms with van der Waals surface area (Å²) >= 11 is 0. The van der Waals surface area contributed by atoms with Crippen molar-refractivity contribution in [3.05, 3.63) is 0 Å². The lowest BCUT2D eigenvalue weighted by Crippen LogP contribution is -1.94. The van der Waals surface area contributed by atoms with Crippen LogP contribution in [0.25, 0.3) is 0 Å². The Morgan fingerprint density at radius 2 is 1.50 bits per heavy atom. The molecule has 2 nitrogen and oxygen atoms in total. The van der Waals surface area contributed by atoms with Crippen molar-refractivity contribution in [1.82, 2.24) is 0 Å². The van der Waals surface area contributed by atoms with Crippen LogP contribution in [-0.2, 0) is 9.47 Å². The molecular formula is C14H18O2. The van der Waals surface area contributed by atoms with Crippen molar-refractivity contribution < 1.29 is 9.47 Å². The molecule has 0 spiro atoms. The Labute approximate surface area is 98.7 Å². The molecule has 0 unspecified atom stereocenters. The summed E-state index contributed by atoms with van der Waals surface area (Å²) in [5.74, 6) is 10.8. The first-order valence-corrected chi connectivity index (χ1v) is 5.40. The predicted molar refractivity (Wildman–Crippen MR) is 65.5 cm³/mol. The fourth-order valence-corrected chi connectivity index (χ4v) is 1.03. The number of terminal acetylenes is 2. The van der Waals surface area contributed by atoms with Gasteiger partial charge >= 0.3 is 0 Å². The minimum atomic E-state index is 0.335. The molecular weight excluding hydrogens is 200 g/mol. The zero-order chi connectivity index (χ0) is 11.9. The van der Waals surface area contributed by atoms with Gasteiger partial charge in [0, 0.05) is 13.0 Å². The van der Waals surface area contributed by atoms with E-state index in [1.54, 1.807) is 0 Å². The summed E-state index contributed by atoms with van der Waals surface area (Å²) in [6.45, 7) is 1.91. The lowest BCUT2D eigenvalue weighted by Gasteiger charge is -1.98. The van der Waals surface area contributed by atoms with E-state index in [1.807, 2.05) is 0 Å². The predicted octanol–water partition coefficient (Wildman–Crippen LogP) is 1.85. The monoisotopic (exact) mass is 218 g/mol. The van der Waals surface area contributed by atoms with Crippen molar-refractivity contribution in [2.24, 2.45) is 0 Å². The van der Waals surface area contributed by atoms with Crippen LogP contribution in [0.5, 0.6) is 0 Å². The third-order valence-electron chi connectivity index (χ3n) is 1.76. The van der Waals surface area contributed by atoms with E-state index in [-0.39, 0.29) is 0 Å². The van der Waals surface area contributed by atoms with Crippen molar-refractivity contribution in [3.63, 3.8) is 0 Å². The lowest BCUT2D eigenvalue weighted by atomic mass is 10.2. The van der Waals surface area contributed by atoms with Gasteiger partial charge < -0.3 is 9.47 Å². The standard InChI is InChI=1S/C14H18O2/c1-3-11-15-13-9-7-5-6-8-10-14-16-12-4-2/h1-2H,5-7,9,11-14H2. The highest BCUT2D eigenvalue weighted by Crippen LogP contribution is 1.98. The van der Waals surface area contributed by atoms with Gasteiger partial charge in [-0.05, 0) is 12.8 Å². The summed E-state index contributed by atoms with van der Waals surface area (Å²) in [5, 5.41) is 0. The SMILES string of the molecule is C#CCOCC#CCCCCCOCC#C. The number of hydrogen-bond acceptors (Lipinski definition) is 2. The molecule has 0 fully saturated rings. The second-order valence-electron chi connectivity index (χ2n) is 3.12. The molecule has 0 aliphatic carbocycles. The molecule has 0 bridgehead atoms. The fraction of sp³-hybridized carbons (Fsp3) is 0.571. The Morgan fingerprint density at radius 3 is 2.25 bits per heavy atom. The summed E-state index contributed by atoms with van der Waals surface area (Å²) in [5.41, 5.74) is 0. The van der Waals surface area contributed by atoms with Gasteiger partial charge in [-0.3, -0.25) is 0 Å². The van der Waals surface area contributed by atoms with E-state index >= 15 is 0 Å². The van der Waals surface area contributed by atoms with E-state index in [2.05, 4.69) is 23.7 Å². The second-order valence-corrected chi connectivity index (χ2v) is 3.12. The van der Waals surface area contributed by atoms with Gasteiger partial charge in [-0.1, -0.05) is 24.2 Å². The van der Waals surface area contributed by atoms with Crippen molar-refractivity contribution in [3.8, 4) is 36.5 Å². The van der Waals surface area contributed by atoms with Crippen molar-refractivity contribution in [2.75, 3.05) is 26.4 Å². The molecule has 0 saturated carbocycles. The summed E-state index contributed by atoms with van der Waals surface area (Å²) in [4.78, 5) is 0. The van der Waals surface area contributed by atoms with E-state index in [1.165, 1.54) is 0 Å². The molecule has 0 amide bonds. The molecule has 0 aromatic rings. The van der Waals surface area contributed by atoms with Gasteiger partial charge in [-0.2, -0.15) is 0 Å². The average Bonchev–Trinajstić information content (AvgIpc) is 2.31. The molecule has 0 aromatic carbocycles. The Morgan fingerprint density at radius 1 is 0.750 bits per heavy atom. The van der Waals surface area contributed by atoms with Gasteiger partial charge in [0.05, 0.1) is 0 Å². The van der Waals surface area contributed by atoms with Crippen LogP contribution in [-0.4, -0.2) is 26.4 Å². The molecule has 0 radical (unpaired) electrons. The molecule has 0 heterocycles. The third kappa shape index (κ3) is 12.6. The molecule has 0 aromatic heterocycles. The maximum absolute atomic E-state index is 5.14. The Balaban J connectivity index is 3.09. The van der Waals surface area contributed by atoms with Crippen LogP contribution in [0.15, 0.2) is 0 Å². The first-order chi connectivity index (χ1) is 7.91. The Hall–Kier alpha value is -1.40. The lowest BCUT2D eigenvalue weighted by molar-refractivity contribution is 0.162. The van der Waals surface area contributed by atoms with E-state index in [4.69, 9.17) is 22.3 Å². The van der Waals surface area contributed by atoms with Gasteiger partial charge in [-0.25, -0.2) is 0 Å². The number of hydrogen-bond donors (Lipinski definition) is 0. The van der Waals surface area contributed by atoms with Gasteiger partial charge in [0.15, 0.2) is 0 Å². The van der Waals surface area contributed by atoms with E-state index in [0.717, 1.165) is 32.3 Å². The molecule has 0 rings (SSSR count). The molecule has 0 atom stereocenters. The van der Waals surface area contributed by atoms with Gasteiger partial charge in [0.2, 0.25) is 0 Å². The number of ether oxygens (including phenoxy) is 2. The van der Waals surface area contributed by atoms with Crippen LogP contribution in [0.2, 0.25) is 0 Å². The summed E-state index contributed by atoms with van der Waals surface area (Å²) in [6.07, 6.45) is 14.2. The maximum Gasteiger partial charge on any atom is 0.109 e. The van der Waals surface area contributed by atoms with E-state index in [9.17, 15) is 0 Å². The zero-order valence-electron chi connectivity index (χ0n) is 9.63. The van der Waals surface area contributed by atoms with Crippen LogP contribution in [0.1, 0.15) is 25.7 Å². The molecule has 86 valence electrons. The Kier molecular flexibility index (Phi) is 12.4. The van der Waals surface area contributed by atoms with Crippen molar-refractivity contribution in [1.29, 1.82) is 0 Å². The van der Waals surface area contributed by atoms with Crippen LogP contribution in [0.4, 0.5) is 0 Å². The fourth-order valence-electron chi connectivity index (χ4n) is 1.03. The molecule has 0 saturated heterocycles. The second kappa shape index (κ2) is 13.6. The molecule has 0 N–H and O–H groups in total. The van der Waals surface area contributed by atoms with Crippen molar-refractivity contribution in [2.45, 2.75) is 25.7 Å². The van der Waals surface area contributed by atoms with Crippen LogP contribution < -0.4 is 0 Å². The summed E-state index contributed by atoms with van der Waals surface area (Å²) in [6, 6.07) is 0. The summed E-state index contributed by atoms with van der Waals surface area (Å²) < 4.78 is 10.2. The van der Waals surface area contributed by atoms with E-state index < -0.39 is 0 Å². The summed E-state index contributed by atoms with van der Waals surface area (Å²) in [7, 11) is 0. The number of rotatable bonds is 8. The van der Waals surface area contributed by atoms with Gasteiger partial charge in [0.25, 0.3) is 0 Å². The molecule has 0 aliphatic heterocycles. The Bertz CT molecular complexity index is 283. The topological polar surface area (TPSA) is 18.5 Å². The quantitative estimate of drug-likeness (QED) is 0.457. The van der Waals surface area contributed by atoms with Crippen LogP contribution in [0, 0.1) is 36.5 Å². The molecule has 16 heavy (non-hydrogen) atoms. The highest BCUT2D eigenvalue weighted by molar-refractivity contribution is 4.99. The highest BCUT2D eigenvalue weighted by Gasteiger charge is 1.87. The minimum Gasteiger partial charge on any atom is -0.369 e. The van der Waals surface area contributed by atoms with Gasteiger partial charge in [-0.15, -0.1) is 18.8 Å². The highest BCUT2D eigenvalue weighted by atomic mass is 16.5. The average molecular weight is 218 g/mol. The van der Waals surface area contributed by atoms with E-state index in [0.29, 0.717) is 19.8 Å². The molecule has 0 aliphatic rings. The number of unbranched alkanes of at least 4 members (excludes halogenated alkanes) is 3. The smallest absolute Gasteiger partial charge is 0.109 e. The largest absolute Gasteiger partial charge is 0.369 e. The van der Waals surface area contributed by atoms with Gasteiger partial charge in [0.1, 0.15) is 19.8 Å². The first-order valence-electron chi connectivity index (χ1n) is 5.40.